The van der Waals surface area contributed by atoms with Gasteiger partial charge in [0.1, 0.15) is 22.7 Å². The SMILES string of the molecule is CCCCOC(=O)N1CCc2cc(F)c(-c3ncc4[nH]ncc4n3)c(F)c2C1. The van der Waals surface area contributed by atoms with E-state index in [-0.39, 0.29) is 23.5 Å². The molecule has 1 aliphatic heterocycles. The Balaban J connectivity index is 1.66. The van der Waals surface area contributed by atoms with Gasteiger partial charge < -0.3 is 9.64 Å². The maximum atomic E-state index is 15.2. The zero-order valence-electron chi connectivity index (χ0n) is 15.3. The summed E-state index contributed by atoms with van der Waals surface area (Å²) in [7, 11) is 0. The van der Waals surface area contributed by atoms with Gasteiger partial charge in [-0.3, -0.25) is 5.10 Å². The maximum absolute atomic E-state index is 15.2. The standard InChI is InChI=1S/C19H19F2N5O2/c1-2-3-6-28-19(27)26-5-4-11-7-13(20)16(17(21)12(11)10-26)18-22-8-15-14(24-18)9-23-25-15/h7-9H,2-6,10H2,1H3,(H,23,25). The number of benzene rings is 1. The van der Waals surface area contributed by atoms with Gasteiger partial charge in [-0.15, -0.1) is 0 Å². The second-order valence-electron chi connectivity index (χ2n) is 6.69. The van der Waals surface area contributed by atoms with Gasteiger partial charge in [-0.1, -0.05) is 13.3 Å². The van der Waals surface area contributed by atoms with Crippen molar-refractivity contribution < 1.29 is 18.3 Å². The molecule has 1 amide bonds. The number of hydrogen-bond donors (Lipinski definition) is 1. The summed E-state index contributed by atoms with van der Waals surface area (Å²) in [6, 6.07) is 1.30. The molecule has 0 saturated heterocycles. The van der Waals surface area contributed by atoms with E-state index < -0.39 is 17.7 Å². The molecule has 0 bridgehead atoms. The predicted molar refractivity (Wildman–Crippen MR) is 97.4 cm³/mol. The molecule has 0 aliphatic carbocycles. The minimum absolute atomic E-state index is 0.0212. The highest BCUT2D eigenvalue weighted by atomic mass is 19.1. The molecule has 28 heavy (non-hydrogen) atoms. The fraction of sp³-hybridized carbons (Fsp3) is 0.368. The van der Waals surface area contributed by atoms with Gasteiger partial charge in [0.05, 0.1) is 31.1 Å². The van der Waals surface area contributed by atoms with Crippen molar-refractivity contribution in [3.8, 4) is 11.4 Å². The molecule has 3 aromatic rings. The summed E-state index contributed by atoms with van der Waals surface area (Å²) < 4.78 is 35.1. The van der Waals surface area contributed by atoms with E-state index in [1.54, 1.807) is 0 Å². The van der Waals surface area contributed by atoms with Crippen LogP contribution in [-0.4, -0.2) is 44.3 Å². The molecule has 2 aromatic heterocycles. The summed E-state index contributed by atoms with van der Waals surface area (Å²) in [6.07, 6.45) is 4.44. The first-order chi connectivity index (χ1) is 13.6. The van der Waals surface area contributed by atoms with Crippen LogP contribution in [0.1, 0.15) is 30.9 Å². The lowest BCUT2D eigenvalue weighted by atomic mass is 9.95. The molecular formula is C19H19F2N5O2. The molecule has 9 heteroatoms. The molecule has 4 rings (SSSR count). The number of halogens is 2. The van der Waals surface area contributed by atoms with E-state index in [0.29, 0.717) is 36.2 Å². The van der Waals surface area contributed by atoms with Crippen molar-refractivity contribution in [2.24, 2.45) is 0 Å². The molecule has 0 radical (unpaired) electrons. The van der Waals surface area contributed by atoms with Crippen LogP contribution in [0.2, 0.25) is 0 Å². The van der Waals surface area contributed by atoms with Gasteiger partial charge in [0.25, 0.3) is 0 Å². The highest BCUT2D eigenvalue weighted by Gasteiger charge is 2.28. The van der Waals surface area contributed by atoms with Gasteiger partial charge in [-0.05, 0) is 24.5 Å². The van der Waals surface area contributed by atoms with Crippen molar-refractivity contribution in [3.05, 3.63) is 41.2 Å². The Hall–Kier alpha value is -3.10. The lowest BCUT2D eigenvalue weighted by Crippen LogP contribution is -2.37. The van der Waals surface area contributed by atoms with Crippen LogP contribution in [0.25, 0.3) is 22.4 Å². The Labute approximate surface area is 159 Å². The van der Waals surface area contributed by atoms with Crippen LogP contribution in [0, 0.1) is 11.6 Å². The maximum Gasteiger partial charge on any atom is 0.410 e. The molecule has 1 aromatic carbocycles. The number of ether oxygens (including phenoxy) is 1. The first kappa shape index (κ1) is 18.3. The molecule has 0 fully saturated rings. The summed E-state index contributed by atoms with van der Waals surface area (Å²) in [5.41, 5.74) is 1.54. The third kappa shape index (κ3) is 3.28. The van der Waals surface area contributed by atoms with Crippen molar-refractivity contribution >= 4 is 17.1 Å². The average molecular weight is 387 g/mol. The second kappa shape index (κ2) is 7.49. The minimum Gasteiger partial charge on any atom is -0.449 e. The number of hydrogen-bond acceptors (Lipinski definition) is 5. The Kier molecular flexibility index (Phi) is 4.89. The van der Waals surface area contributed by atoms with E-state index in [0.717, 1.165) is 12.8 Å². The van der Waals surface area contributed by atoms with Crippen LogP contribution in [-0.2, 0) is 17.7 Å². The fourth-order valence-corrected chi connectivity index (χ4v) is 3.25. The number of nitrogens with zero attached hydrogens (tertiary/aromatic N) is 4. The number of fused-ring (bicyclic) bond motifs is 2. The molecule has 1 aliphatic rings. The molecular weight excluding hydrogens is 368 g/mol. The van der Waals surface area contributed by atoms with Gasteiger partial charge in [0.2, 0.25) is 0 Å². The number of aromatic amines is 1. The number of carbonyl (C=O) groups is 1. The van der Waals surface area contributed by atoms with Crippen molar-refractivity contribution in [1.82, 2.24) is 25.1 Å². The number of rotatable bonds is 4. The summed E-state index contributed by atoms with van der Waals surface area (Å²) in [4.78, 5) is 21.9. The average Bonchev–Trinajstić information content (AvgIpc) is 3.16. The monoisotopic (exact) mass is 387 g/mol. The Bertz CT molecular complexity index is 1040. The summed E-state index contributed by atoms with van der Waals surface area (Å²) >= 11 is 0. The lowest BCUT2D eigenvalue weighted by Gasteiger charge is -2.29. The number of aromatic nitrogens is 4. The summed E-state index contributed by atoms with van der Waals surface area (Å²) in [6.45, 7) is 2.70. The number of nitrogens with one attached hydrogen (secondary N) is 1. The van der Waals surface area contributed by atoms with Crippen LogP contribution >= 0.6 is 0 Å². The normalized spacial score (nSPS) is 13.6. The van der Waals surface area contributed by atoms with Crippen LogP contribution in [0.5, 0.6) is 0 Å². The topological polar surface area (TPSA) is 84.0 Å². The fourth-order valence-electron chi connectivity index (χ4n) is 3.25. The Morgan fingerprint density at radius 3 is 3.04 bits per heavy atom. The molecule has 0 unspecified atom stereocenters. The van der Waals surface area contributed by atoms with E-state index in [9.17, 15) is 9.18 Å². The van der Waals surface area contributed by atoms with E-state index >= 15 is 4.39 Å². The first-order valence-electron chi connectivity index (χ1n) is 9.16. The van der Waals surface area contributed by atoms with E-state index in [1.165, 1.54) is 23.4 Å². The Morgan fingerprint density at radius 2 is 2.21 bits per heavy atom. The summed E-state index contributed by atoms with van der Waals surface area (Å²) in [5, 5.41) is 6.53. The zero-order chi connectivity index (χ0) is 19.7. The third-order valence-electron chi connectivity index (χ3n) is 4.81. The van der Waals surface area contributed by atoms with Gasteiger partial charge >= 0.3 is 6.09 Å². The quantitative estimate of drug-likeness (QED) is 0.692. The smallest absolute Gasteiger partial charge is 0.410 e. The summed E-state index contributed by atoms with van der Waals surface area (Å²) in [5.74, 6) is -1.53. The van der Waals surface area contributed by atoms with Gasteiger partial charge in [-0.2, -0.15) is 5.10 Å². The number of unbranched alkanes of at least 4 members (excludes halogenated alkanes) is 1. The lowest BCUT2D eigenvalue weighted by molar-refractivity contribution is 0.0961. The van der Waals surface area contributed by atoms with Crippen molar-refractivity contribution in [1.29, 1.82) is 0 Å². The number of amides is 1. The second-order valence-corrected chi connectivity index (χ2v) is 6.69. The third-order valence-corrected chi connectivity index (χ3v) is 4.81. The number of carbonyl (C=O) groups excluding carboxylic acids is 1. The largest absolute Gasteiger partial charge is 0.449 e. The van der Waals surface area contributed by atoms with Crippen molar-refractivity contribution in [3.63, 3.8) is 0 Å². The number of H-pyrrole nitrogens is 1. The minimum atomic E-state index is -0.746. The van der Waals surface area contributed by atoms with Crippen LogP contribution in [0.4, 0.5) is 13.6 Å². The molecule has 1 N–H and O–H groups in total. The highest BCUT2D eigenvalue weighted by molar-refractivity contribution is 5.75. The van der Waals surface area contributed by atoms with Crippen LogP contribution in [0.15, 0.2) is 18.5 Å². The van der Waals surface area contributed by atoms with Gasteiger partial charge in [0.15, 0.2) is 5.82 Å². The molecule has 0 saturated carbocycles. The van der Waals surface area contributed by atoms with Crippen molar-refractivity contribution in [2.75, 3.05) is 13.2 Å². The molecule has 146 valence electrons. The van der Waals surface area contributed by atoms with Crippen molar-refractivity contribution in [2.45, 2.75) is 32.7 Å². The molecule has 0 spiro atoms. The first-order valence-corrected chi connectivity index (χ1v) is 9.16. The van der Waals surface area contributed by atoms with E-state index in [4.69, 9.17) is 4.74 Å². The van der Waals surface area contributed by atoms with Crippen LogP contribution < -0.4 is 0 Å². The Morgan fingerprint density at radius 1 is 1.36 bits per heavy atom. The van der Waals surface area contributed by atoms with Gasteiger partial charge in [0, 0.05) is 12.1 Å². The van der Waals surface area contributed by atoms with Gasteiger partial charge in [-0.25, -0.2) is 23.5 Å². The zero-order valence-corrected chi connectivity index (χ0v) is 15.3. The highest BCUT2D eigenvalue weighted by Crippen LogP contribution is 2.32. The van der Waals surface area contributed by atoms with E-state index in [1.807, 2.05) is 6.92 Å². The molecule has 7 nitrogen and oxygen atoms in total. The molecule has 3 heterocycles. The van der Waals surface area contributed by atoms with E-state index in [2.05, 4.69) is 20.2 Å². The van der Waals surface area contributed by atoms with Crippen LogP contribution in [0.3, 0.4) is 0 Å². The predicted octanol–water partition coefficient (Wildman–Crippen LogP) is 3.59. The molecule has 0 atom stereocenters.